The third-order valence-electron chi connectivity index (χ3n) is 4.01. The predicted molar refractivity (Wildman–Crippen MR) is 91.0 cm³/mol. The molecule has 2 aromatic carbocycles. The molecule has 1 aliphatic heterocycles. The number of carboxylic acids is 1. The van der Waals surface area contributed by atoms with Crippen molar-refractivity contribution < 1.29 is 24.2 Å². The van der Waals surface area contributed by atoms with Crippen LogP contribution in [0.5, 0.6) is 11.5 Å². The first-order valence-corrected chi connectivity index (χ1v) is 7.97. The van der Waals surface area contributed by atoms with E-state index >= 15 is 0 Å². The molecule has 0 saturated heterocycles. The highest BCUT2D eigenvalue weighted by Crippen LogP contribution is 2.30. The summed E-state index contributed by atoms with van der Waals surface area (Å²) in [5.41, 5.74) is 1.97. The van der Waals surface area contributed by atoms with Gasteiger partial charge in [0.05, 0.1) is 12.0 Å². The van der Waals surface area contributed by atoms with E-state index in [2.05, 4.69) is 0 Å². The highest BCUT2D eigenvalue weighted by molar-refractivity contribution is 5.87. The summed E-state index contributed by atoms with van der Waals surface area (Å²) in [4.78, 5) is 24.9. The molecule has 1 aliphatic rings. The molecule has 25 heavy (non-hydrogen) atoms. The van der Waals surface area contributed by atoms with Crippen LogP contribution in [0.2, 0.25) is 0 Å². The van der Waals surface area contributed by atoms with E-state index in [-0.39, 0.29) is 17.9 Å². The van der Waals surface area contributed by atoms with Crippen LogP contribution >= 0.6 is 0 Å². The van der Waals surface area contributed by atoms with Crippen molar-refractivity contribution in [1.82, 2.24) is 4.90 Å². The van der Waals surface area contributed by atoms with Crippen LogP contribution in [0.4, 0.5) is 0 Å². The summed E-state index contributed by atoms with van der Waals surface area (Å²) in [6.45, 7) is 1.47. The maximum atomic E-state index is 12.4. The molecule has 130 valence electrons. The Kier molecular flexibility index (Phi) is 4.88. The maximum absolute atomic E-state index is 12.4. The maximum Gasteiger partial charge on any atom is 0.335 e. The van der Waals surface area contributed by atoms with Gasteiger partial charge in [0.2, 0.25) is 5.91 Å². The first-order valence-electron chi connectivity index (χ1n) is 7.97. The van der Waals surface area contributed by atoms with E-state index in [0.29, 0.717) is 31.3 Å². The molecule has 0 saturated carbocycles. The molecule has 6 nitrogen and oxygen atoms in total. The molecule has 3 rings (SSSR count). The van der Waals surface area contributed by atoms with Crippen LogP contribution in [0, 0.1) is 0 Å². The van der Waals surface area contributed by atoms with Gasteiger partial charge in [0.15, 0.2) is 11.5 Å². The lowest BCUT2D eigenvalue weighted by Gasteiger charge is -2.20. The monoisotopic (exact) mass is 341 g/mol. The number of hydrogen-bond acceptors (Lipinski definition) is 4. The minimum atomic E-state index is -0.963. The highest BCUT2D eigenvalue weighted by atomic mass is 16.6. The summed E-state index contributed by atoms with van der Waals surface area (Å²) < 4.78 is 11.0. The number of carboxylic acid groups (broad SMARTS) is 1. The first-order chi connectivity index (χ1) is 12.0. The fraction of sp³-hybridized carbons (Fsp3) is 0.263. The topological polar surface area (TPSA) is 76.1 Å². The molecule has 6 heteroatoms. The number of nitrogens with zero attached hydrogens (tertiary/aromatic N) is 1. The van der Waals surface area contributed by atoms with E-state index < -0.39 is 5.97 Å². The average molecular weight is 341 g/mol. The summed E-state index contributed by atoms with van der Waals surface area (Å²) in [5, 5.41) is 8.91. The smallest absolute Gasteiger partial charge is 0.335 e. The largest absolute Gasteiger partial charge is 0.486 e. The fourth-order valence-corrected chi connectivity index (χ4v) is 2.62. The third kappa shape index (κ3) is 4.09. The number of likely N-dealkylation sites (N-methyl/N-ethyl adjacent to an activating group) is 1. The Morgan fingerprint density at radius 2 is 1.64 bits per heavy atom. The Bertz CT molecular complexity index is 785. The molecule has 0 radical (unpaired) electrons. The van der Waals surface area contributed by atoms with Gasteiger partial charge in [-0.3, -0.25) is 4.79 Å². The number of ether oxygens (including phenoxy) is 2. The summed E-state index contributed by atoms with van der Waals surface area (Å²) in [7, 11) is 1.73. The molecule has 0 bridgehead atoms. The van der Waals surface area contributed by atoms with Gasteiger partial charge in [-0.05, 0) is 35.4 Å². The Balaban J connectivity index is 1.61. The molecule has 1 N–H and O–H groups in total. The summed E-state index contributed by atoms with van der Waals surface area (Å²) in [6, 6.07) is 12.0. The minimum Gasteiger partial charge on any atom is -0.486 e. The Labute approximate surface area is 145 Å². The molecule has 0 aliphatic carbocycles. The second-order valence-corrected chi connectivity index (χ2v) is 5.91. The van der Waals surface area contributed by atoms with Crippen molar-refractivity contribution in [3.05, 3.63) is 59.2 Å². The molecule has 0 atom stereocenters. The van der Waals surface area contributed by atoms with Crippen molar-refractivity contribution in [2.75, 3.05) is 20.3 Å². The summed E-state index contributed by atoms with van der Waals surface area (Å²) in [5.74, 6) is 0.381. The SMILES string of the molecule is CN(Cc1ccc(C(=O)O)cc1)C(=O)Cc1ccc2c(c1)OCCO2. The molecule has 1 amide bonds. The quantitative estimate of drug-likeness (QED) is 0.903. The highest BCUT2D eigenvalue weighted by Gasteiger charge is 2.15. The van der Waals surface area contributed by atoms with Gasteiger partial charge in [-0.2, -0.15) is 0 Å². The van der Waals surface area contributed by atoms with Crippen molar-refractivity contribution in [2.24, 2.45) is 0 Å². The summed E-state index contributed by atoms with van der Waals surface area (Å²) in [6.07, 6.45) is 0.264. The van der Waals surface area contributed by atoms with Gasteiger partial charge in [0.25, 0.3) is 0 Å². The molecular formula is C19H19NO5. The van der Waals surface area contributed by atoms with Gasteiger partial charge >= 0.3 is 5.97 Å². The van der Waals surface area contributed by atoms with Crippen LogP contribution in [0.3, 0.4) is 0 Å². The second kappa shape index (κ2) is 7.25. The predicted octanol–water partition coefficient (Wildman–Crippen LogP) is 2.36. The van der Waals surface area contributed by atoms with Gasteiger partial charge < -0.3 is 19.5 Å². The number of amides is 1. The van der Waals surface area contributed by atoms with Crippen LogP contribution in [0.1, 0.15) is 21.5 Å². The van der Waals surface area contributed by atoms with Gasteiger partial charge in [-0.1, -0.05) is 18.2 Å². The Morgan fingerprint density at radius 1 is 1.00 bits per heavy atom. The molecule has 0 spiro atoms. The number of carbonyl (C=O) groups excluding carboxylic acids is 1. The lowest BCUT2D eigenvalue weighted by Crippen LogP contribution is -2.27. The minimum absolute atomic E-state index is 0.0287. The molecule has 0 unspecified atom stereocenters. The van der Waals surface area contributed by atoms with Crippen LogP contribution in [0.15, 0.2) is 42.5 Å². The van der Waals surface area contributed by atoms with Gasteiger partial charge in [0, 0.05) is 13.6 Å². The number of rotatable bonds is 5. The van der Waals surface area contributed by atoms with E-state index in [1.807, 2.05) is 18.2 Å². The van der Waals surface area contributed by atoms with Crippen LogP contribution in [-0.4, -0.2) is 42.1 Å². The number of aromatic carboxylic acids is 1. The lowest BCUT2D eigenvalue weighted by atomic mass is 10.1. The summed E-state index contributed by atoms with van der Waals surface area (Å²) >= 11 is 0. The van der Waals surface area contributed by atoms with Crippen molar-refractivity contribution in [3.63, 3.8) is 0 Å². The van der Waals surface area contributed by atoms with Gasteiger partial charge in [0.1, 0.15) is 13.2 Å². The van der Waals surface area contributed by atoms with Crippen LogP contribution in [-0.2, 0) is 17.8 Å². The van der Waals surface area contributed by atoms with E-state index in [4.69, 9.17) is 14.6 Å². The van der Waals surface area contributed by atoms with Crippen molar-refractivity contribution >= 4 is 11.9 Å². The normalized spacial score (nSPS) is 12.5. The fourth-order valence-electron chi connectivity index (χ4n) is 2.62. The first kappa shape index (κ1) is 16.8. The Hall–Kier alpha value is -3.02. The molecule has 2 aromatic rings. The lowest BCUT2D eigenvalue weighted by molar-refractivity contribution is -0.129. The third-order valence-corrected chi connectivity index (χ3v) is 4.01. The van der Waals surface area contributed by atoms with E-state index in [9.17, 15) is 9.59 Å². The molecular weight excluding hydrogens is 322 g/mol. The molecule has 0 fully saturated rings. The molecule has 0 aromatic heterocycles. The number of carbonyl (C=O) groups is 2. The number of fused-ring (bicyclic) bond motifs is 1. The number of hydrogen-bond donors (Lipinski definition) is 1. The van der Waals surface area contributed by atoms with Crippen molar-refractivity contribution in [3.8, 4) is 11.5 Å². The van der Waals surface area contributed by atoms with Gasteiger partial charge in [-0.25, -0.2) is 4.79 Å². The average Bonchev–Trinajstić information content (AvgIpc) is 2.62. The van der Waals surface area contributed by atoms with E-state index in [1.54, 1.807) is 24.1 Å². The van der Waals surface area contributed by atoms with Crippen LogP contribution < -0.4 is 9.47 Å². The zero-order chi connectivity index (χ0) is 17.8. The number of benzene rings is 2. The molecule has 1 heterocycles. The standard InChI is InChI=1S/C19H19NO5/c1-20(12-13-2-5-15(6-3-13)19(22)23)18(21)11-14-4-7-16-17(10-14)25-9-8-24-16/h2-7,10H,8-9,11-12H2,1H3,(H,22,23). The van der Waals surface area contributed by atoms with Crippen LogP contribution in [0.25, 0.3) is 0 Å². The zero-order valence-electron chi connectivity index (χ0n) is 13.9. The van der Waals surface area contributed by atoms with Gasteiger partial charge in [-0.15, -0.1) is 0 Å². The zero-order valence-corrected chi connectivity index (χ0v) is 13.9. The Morgan fingerprint density at radius 3 is 2.32 bits per heavy atom. The van der Waals surface area contributed by atoms with Crippen molar-refractivity contribution in [1.29, 1.82) is 0 Å². The van der Waals surface area contributed by atoms with E-state index in [1.165, 1.54) is 12.1 Å². The van der Waals surface area contributed by atoms with Crippen molar-refractivity contribution in [2.45, 2.75) is 13.0 Å². The second-order valence-electron chi connectivity index (χ2n) is 5.91. The van der Waals surface area contributed by atoms with E-state index in [0.717, 1.165) is 11.1 Å².